The van der Waals surface area contributed by atoms with Crippen LogP contribution in [0.3, 0.4) is 0 Å². The molecule has 0 aliphatic carbocycles. The van der Waals surface area contributed by atoms with Crippen LogP contribution in [0.25, 0.3) is 0 Å². The first-order valence-corrected chi connectivity index (χ1v) is 5.17. The van der Waals surface area contributed by atoms with Gasteiger partial charge < -0.3 is 5.32 Å². The van der Waals surface area contributed by atoms with E-state index in [0.717, 1.165) is 15.8 Å². The Morgan fingerprint density at radius 2 is 2.00 bits per heavy atom. The van der Waals surface area contributed by atoms with Crippen molar-refractivity contribution in [3.63, 3.8) is 0 Å². The average molecular weight is 216 g/mol. The third-order valence-electron chi connectivity index (χ3n) is 1.79. The third-order valence-corrected chi connectivity index (χ3v) is 2.55. The van der Waals surface area contributed by atoms with Gasteiger partial charge >= 0.3 is 0 Å². The number of hydrogen-bond donors (Lipinski definition) is 1. The number of nitrogens with one attached hydrogen (secondary N) is 1. The van der Waals surface area contributed by atoms with Crippen LogP contribution >= 0.6 is 11.3 Å². The van der Waals surface area contributed by atoms with Crippen molar-refractivity contribution in [3.05, 3.63) is 34.8 Å². The average Bonchev–Trinajstić information content (AvgIpc) is 2.65. The Kier molecular flexibility index (Phi) is 2.61. The topological polar surface area (TPSA) is 61.6 Å². The van der Waals surface area contributed by atoms with Crippen LogP contribution in [0.4, 0.5) is 10.8 Å². The monoisotopic (exact) mass is 216 g/mol. The second-order valence-corrected chi connectivity index (χ2v) is 4.12. The standard InChI is InChI=1S/C10H8N4S/c1-7-13-14-10(15-7)12-9-4-2-8(6-11)3-5-9/h2-5H,1H3,(H,12,14). The first kappa shape index (κ1) is 9.62. The van der Waals surface area contributed by atoms with Crippen LogP contribution in [-0.4, -0.2) is 10.2 Å². The molecule has 1 aromatic carbocycles. The fourth-order valence-corrected chi connectivity index (χ4v) is 1.71. The maximum atomic E-state index is 8.63. The molecule has 0 atom stereocenters. The van der Waals surface area contributed by atoms with E-state index in [9.17, 15) is 0 Å². The molecule has 1 aromatic heterocycles. The van der Waals surface area contributed by atoms with Crippen molar-refractivity contribution >= 4 is 22.2 Å². The van der Waals surface area contributed by atoms with Crippen molar-refractivity contribution in [3.8, 4) is 6.07 Å². The second kappa shape index (κ2) is 4.07. The summed E-state index contributed by atoms with van der Waals surface area (Å²) in [6, 6.07) is 9.27. The van der Waals surface area contributed by atoms with Gasteiger partial charge in [-0.1, -0.05) is 11.3 Å². The van der Waals surface area contributed by atoms with Gasteiger partial charge in [-0.2, -0.15) is 5.26 Å². The van der Waals surface area contributed by atoms with Crippen molar-refractivity contribution in [2.75, 3.05) is 5.32 Å². The second-order valence-electron chi connectivity index (χ2n) is 2.94. The zero-order chi connectivity index (χ0) is 10.7. The Labute approximate surface area is 91.2 Å². The highest BCUT2D eigenvalue weighted by molar-refractivity contribution is 7.15. The van der Waals surface area contributed by atoms with E-state index in [0.29, 0.717) is 5.56 Å². The fraction of sp³-hybridized carbons (Fsp3) is 0.100. The molecule has 74 valence electrons. The van der Waals surface area contributed by atoms with E-state index >= 15 is 0 Å². The molecule has 0 amide bonds. The maximum absolute atomic E-state index is 8.63. The van der Waals surface area contributed by atoms with Crippen LogP contribution in [0.5, 0.6) is 0 Å². The van der Waals surface area contributed by atoms with E-state index < -0.39 is 0 Å². The molecule has 15 heavy (non-hydrogen) atoms. The number of nitrogens with zero attached hydrogens (tertiary/aromatic N) is 3. The van der Waals surface area contributed by atoms with Gasteiger partial charge in [0.1, 0.15) is 5.01 Å². The minimum absolute atomic E-state index is 0.647. The van der Waals surface area contributed by atoms with E-state index in [1.165, 1.54) is 11.3 Å². The number of aromatic nitrogens is 2. The van der Waals surface area contributed by atoms with Crippen LogP contribution in [0.1, 0.15) is 10.6 Å². The minimum Gasteiger partial charge on any atom is -0.330 e. The number of anilines is 2. The van der Waals surface area contributed by atoms with Gasteiger partial charge in [-0.05, 0) is 31.2 Å². The molecule has 0 aliphatic rings. The molecular weight excluding hydrogens is 208 g/mol. The van der Waals surface area contributed by atoms with Crippen molar-refractivity contribution in [2.45, 2.75) is 6.92 Å². The Balaban J connectivity index is 2.15. The molecule has 0 unspecified atom stereocenters. The first-order chi connectivity index (χ1) is 7.28. The van der Waals surface area contributed by atoms with Gasteiger partial charge in [0, 0.05) is 5.69 Å². The van der Waals surface area contributed by atoms with Crippen molar-refractivity contribution in [1.29, 1.82) is 5.26 Å². The highest BCUT2D eigenvalue weighted by Gasteiger charge is 2.00. The molecule has 0 saturated heterocycles. The molecule has 0 aliphatic heterocycles. The van der Waals surface area contributed by atoms with Crippen LogP contribution in [0.2, 0.25) is 0 Å². The number of hydrogen-bond acceptors (Lipinski definition) is 5. The normalized spacial score (nSPS) is 9.60. The Morgan fingerprint density at radius 3 is 2.53 bits per heavy atom. The lowest BCUT2D eigenvalue weighted by molar-refractivity contribution is 1.05. The summed E-state index contributed by atoms with van der Waals surface area (Å²) in [5.41, 5.74) is 1.55. The van der Waals surface area contributed by atoms with Gasteiger partial charge in [-0.15, -0.1) is 10.2 Å². The SMILES string of the molecule is Cc1nnc(Nc2ccc(C#N)cc2)s1. The summed E-state index contributed by atoms with van der Waals surface area (Å²) in [6.07, 6.45) is 0. The molecule has 0 saturated carbocycles. The quantitative estimate of drug-likeness (QED) is 0.837. The predicted octanol–water partition coefficient (Wildman–Crippen LogP) is 2.46. The molecule has 0 radical (unpaired) electrons. The molecule has 4 nitrogen and oxygen atoms in total. The van der Waals surface area contributed by atoms with E-state index in [-0.39, 0.29) is 0 Å². The summed E-state index contributed by atoms with van der Waals surface area (Å²) in [4.78, 5) is 0. The van der Waals surface area contributed by atoms with E-state index in [1.807, 2.05) is 19.1 Å². The maximum Gasteiger partial charge on any atom is 0.210 e. The lowest BCUT2D eigenvalue weighted by Gasteiger charge is -2.00. The lowest BCUT2D eigenvalue weighted by atomic mass is 10.2. The number of benzene rings is 1. The van der Waals surface area contributed by atoms with Gasteiger partial charge in [-0.25, -0.2) is 0 Å². The zero-order valence-corrected chi connectivity index (χ0v) is 8.88. The summed E-state index contributed by atoms with van der Waals surface area (Å²) in [6.45, 7) is 1.90. The van der Waals surface area contributed by atoms with Gasteiger partial charge in [-0.3, -0.25) is 0 Å². The van der Waals surface area contributed by atoms with Crippen LogP contribution < -0.4 is 5.32 Å². The zero-order valence-electron chi connectivity index (χ0n) is 8.06. The molecule has 0 spiro atoms. The van der Waals surface area contributed by atoms with E-state index in [1.54, 1.807) is 12.1 Å². The van der Waals surface area contributed by atoms with E-state index in [4.69, 9.17) is 5.26 Å². The molecule has 0 fully saturated rings. The molecule has 1 heterocycles. The smallest absolute Gasteiger partial charge is 0.210 e. The Bertz CT molecular complexity index is 495. The van der Waals surface area contributed by atoms with Crippen LogP contribution in [0, 0.1) is 18.3 Å². The first-order valence-electron chi connectivity index (χ1n) is 4.35. The molecule has 2 aromatic rings. The highest BCUT2D eigenvalue weighted by atomic mass is 32.1. The largest absolute Gasteiger partial charge is 0.330 e. The summed E-state index contributed by atoms with van der Waals surface area (Å²) >= 11 is 1.49. The van der Waals surface area contributed by atoms with Crippen molar-refractivity contribution < 1.29 is 0 Å². The van der Waals surface area contributed by atoms with Crippen molar-refractivity contribution in [1.82, 2.24) is 10.2 Å². The highest BCUT2D eigenvalue weighted by Crippen LogP contribution is 2.19. The van der Waals surface area contributed by atoms with Gasteiger partial charge in [0.15, 0.2) is 0 Å². The van der Waals surface area contributed by atoms with E-state index in [2.05, 4.69) is 21.6 Å². The van der Waals surface area contributed by atoms with Crippen LogP contribution in [0.15, 0.2) is 24.3 Å². The summed E-state index contributed by atoms with van der Waals surface area (Å²) < 4.78 is 0. The van der Waals surface area contributed by atoms with Gasteiger partial charge in [0.05, 0.1) is 11.6 Å². The number of aryl methyl sites for hydroxylation is 1. The van der Waals surface area contributed by atoms with Gasteiger partial charge in [0.2, 0.25) is 5.13 Å². The summed E-state index contributed by atoms with van der Waals surface area (Å²) in [5.74, 6) is 0. The fourth-order valence-electron chi connectivity index (χ4n) is 1.10. The van der Waals surface area contributed by atoms with Gasteiger partial charge in [0.25, 0.3) is 0 Å². The minimum atomic E-state index is 0.647. The molecule has 0 bridgehead atoms. The lowest BCUT2D eigenvalue weighted by Crippen LogP contribution is -1.89. The summed E-state index contributed by atoms with van der Waals surface area (Å²) in [5, 5.41) is 21.3. The molecule has 5 heteroatoms. The molecule has 1 N–H and O–H groups in total. The molecule has 2 rings (SSSR count). The summed E-state index contributed by atoms with van der Waals surface area (Å²) in [7, 11) is 0. The number of nitriles is 1. The predicted molar refractivity (Wildman–Crippen MR) is 59.1 cm³/mol. The van der Waals surface area contributed by atoms with Crippen molar-refractivity contribution in [2.24, 2.45) is 0 Å². The Morgan fingerprint density at radius 1 is 1.27 bits per heavy atom. The third kappa shape index (κ3) is 2.30. The molecular formula is C10H8N4S. The number of rotatable bonds is 2. The Hall–Kier alpha value is -1.93. The van der Waals surface area contributed by atoms with Crippen LogP contribution in [-0.2, 0) is 0 Å².